The summed E-state index contributed by atoms with van der Waals surface area (Å²) in [5, 5.41) is 4.43. The van der Waals surface area contributed by atoms with Crippen molar-refractivity contribution in [1.82, 2.24) is 9.69 Å². The van der Waals surface area contributed by atoms with Gasteiger partial charge in [-0.3, -0.25) is 4.79 Å². The minimum absolute atomic E-state index is 0.0713. The van der Waals surface area contributed by atoms with Crippen molar-refractivity contribution in [2.45, 2.75) is 12.6 Å². The van der Waals surface area contributed by atoms with Gasteiger partial charge in [-0.05, 0) is 29.0 Å². The van der Waals surface area contributed by atoms with Crippen LogP contribution >= 0.6 is 46.1 Å². The topological polar surface area (TPSA) is 68.3 Å². The van der Waals surface area contributed by atoms with Crippen molar-refractivity contribution in [1.29, 1.82) is 0 Å². The van der Waals surface area contributed by atoms with E-state index in [0.717, 1.165) is 16.4 Å². The minimum atomic E-state index is -1.50. The molecule has 27 heavy (non-hydrogen) atoms. The predicted molar refractivity (Wildman–Crippen MR) is 103 cm³/mol. The molecule has 0 aliphatic heterocycles. The van der Waals surface area contributed by atoms with Crippen LogP contribution in [-0.2, 0) is 16.1 Å². The Morgan fingerprint density at radius 1 is 1.22 bits per heavy atom. The molecule has 1 unspecified atom stereocenters. The van der Waals surface area contributed by atoms with Gasteiger partial charge < -0.3 is 10.1 Å². The van der Waals surface area contributed by atoms with Gasteiger partial charge in [-0.25, -0.2) is 9.18 Å². The van der Waals surface area contributed by atoms with Gasteiger partial charge in [0.15, 0.2) is 5.69 Å². The zero-order valence-electron chi connectivity index (χ0n) is 13.4. The van der Waals surface area contributed by atoms with E-state index < -0.39 is 23.8 Å². The van der Waals surface area contributed by atoms with Crippen LogP contribution in [0.3, 0.4) is 0 Å². The Morgan fingerprint density at radius 2 is 2.00 bits per heavy atom. The first-order valence-electron chi connectivity index (χ1n) is 7.53. The van der Waals surface area contributed by atoms with Gasteiger partial charge in [0.05, 0.1) is 6.54 Å². The number of amides is 1. The molecule has 1 aromatic carbocycles. The number of nitrogens with zero attached hydrogens (tertiary/aromatic N) is 1. The first-order chi connectivity index (χ1) is 13.0. The SMILES string of the molecule is O=C(OC(C(=O)NCc1cccs1)c1ccccc1F)c1nsc(Cl)c1Cl. The lowest BCUT2D eigenvalue weighted by molar-refractivity contribution is -0.130. The van der Waals surface area contributed by atoms with E-state index >= 15 is 0 Å². The molecule has 1 atom stereocenters. The molecule has 0 fully saturated rings. The van der Waals surface area contributed by atoms with Crippen LogP contribution in [-0.4, -0.2) is 16.3 Å². The molecule has 0 spiro atoms. The monoisotopic (exact) mass is 444 g/mol. The van der Waals surface area contributed by atoms with Crippen molar-refractivity contribution in [3.63, 3.8) is 0 Å². The average Bonchev–Trinajstić information content (AvgIpc) is 3.29. The number of hydrogen-bond donors (Lipinski definition) is 1. The molecule has 5 nitrogen and oxygen atoms in total. The third kappa shape index (κ3) is 4.65. The molecule has 0 bridgehead atoms. The first kappa shape index (κ1) is 19.8. The Labute approximate surface area is 171 Å². The summed E-state index contributed by atoms with van der Waals surface area (Å²) in [6, 6.07) is 9.24. The molecule has 1 amide bonds. The van der Waals surface area contributed by atoms with Crippen LogP contribution < -0.4 is 5.32 Å². The molecular weight excluding hydrogens is 434 g/mol. The highest BCUT2D eigenvalue weighted by Crippen LogP contribution is 2.31. The van der Waals surface area contributed by atoms with E-state index in [2.05, 4.69) is 9.69 Å². The fourth-order valence-electron chi connectivity index (χ4n) is 2.17. The molecule has 1 N–H and O–H groups in total. The average molecular weight is 445 g/mol. The number of benzene rings is 1. The highest BCUT2D eigenvalue weighted by molar-refractivity contribution is 7.11. The second-order valence-electron chi connectivity index (χ2n) is 5.22. The minimum Gasteiger partial charge on any atom is -0.442 e. The lowest BCUT2D eigenvalue weighted by Gasteiger charge is -2.18. The summed E-state index contributed by atoms with van der Waals surface area (Å²) in [4.78, 5) is 25.9. The van der Waals surface area contributed by atoms with Gasteiger partial charge in [0.1, 0.15) is 15.2 Å². The standard InChI is InChI=1S/C17H11Cl2FN2O3S2/c18-12-13(22-27-15(12)19)17(24)25-14(10-5-1-2-6-11(10)20)16(23)21-8-9-4-3-7-26-9/h1-7,14H,8H2,(H,21,23). The fraction of sp³-hybridized carbons (Fsp3) is 0.118. The van der Waals surface area contributed by atoms with E-state index in [0.29, 0.717) is 0 Å². The molecule has 0 radical (unpaired) electrons. The summed E-state index contributed by atoms with van der Waals surface area (Å²) in [7, 11) is 0. The lowest BCUT2D eigenvalue weighted by Crippen LogP contribution is -2.32. The largest absolute Gasteiger partial charge is 0.442 e. The van der Waals surface area contributed by atoms with Crippen LogP contribution in [0.2, 0.25) is 9.36 Å². The van der Waals surface area contributed by atoms with Crippen LogP contribution in [0.25, 0.3) is 0 Å². The van der Waals surface area contributed by atoms with E-state index in [1.165, 1.54) is 29.5 Å². The first-order valence-corrected chi connectivity index (χ1v) is 9.94. The van der Waals surface area contributed by atoms with Gasteiger partial charge in [0.25, 0.3) is 5.91 Å². The third-order valence-electron chi connectivity index (χ3n) is 3.46. The summed E-state index contributed by atoms with van der Waals surface area (Å²) in [6.45, 7) is 0.224. The maximum atomic E-state index is 14.2. The Balaban J connectivity index is 1.83. The highest BCUT2D eigenvalue weighted by Gasteiger charge is 2.30. The second-order valence-corrected chi connectivity index (χ2v) is 8.01. The van der Waals surface area contributed by atoms with Gasteiger partial charge in [0, 0.05) is 10.4 Å². The summed E-state index contributed by atoms with van der Waals surface area (Å²) in [6.07, 6.45) is -1.50. The molecule has 2 heterocycles. The smallest absolute Gasteiger partial charge is 0.360 e. The van der Waals surface area contributed by atoms with Crippen molar-refractivity contribution in [3.05, 3.63) is 73.1 Å². The fourth-order valence-corrected chi connectivity index (χ4v) is 3.80. The Bertz CT molecular complexity index is 963. The van der Waals surface area contributed by atoms with Crippen molar-refractivity contribution in [2.75, 3.05) is 0 Å². The van der Waals surface area contributed by atoms with Gasteiger partial charge >= 0.3 is 5.97 Å². The van der Waals surface area contributed by atoms with E-state index in [9.17, 15) is 14.0 Å². The van der Waals surface area contributed by atoms with Crippen molar-refractivity contribution >= 4 is 57.9 Å². The Hall–Kier alpha value is -2.00. The Morgan fingerprint density at radius 3 is 2.63 bits per heavy atom. The van der Waals surface area contributed by atoms with Crippen molar-refractivity contribution < 1.29 is 18.7 Å². The van der Waals surface area contributed by atoms with Gasteiger partial charge in [-0.2, -0.15) is 4.37 Å². The molecule has 140 valence electrons. The number of esters is 1. The molecule has 2 aromatic heterocycles. The second kappa shape index (κ2) is 8.79. The molecule has 0 saturated carbocycles. The van der Waals surface area contributed by atoms with E-state index in [1.807, 2.05) is 17.5 Å². The molecule has 0 aliphatic rings. The van der Waals surface area contributed by atoms with Gasteiger partial charge in [-0.1, -0.05) is 47.5 Å². The van der Waals surface area contributed by atoms with Gasteiger partial charge in [0.2, 0.25) is 6.10 Å². The zero-order chi connectivity index (χ0) is 19.4. The van der Waals surface area contributed by atoms with Crippen LogP contribution in [0, 0.1) is 5.82 Å². The zero-order valence-corrected chi connectivity index (χ0v) is 16.6. The number of rotatable bonds is 6. The van der Waals surface area contributed by atoms with Crippen LogP contribution in [0.1, 0.15) is 27.0 Å². The summed E-state index contributed by atoms with van der Waals surface area (Å²) >= 11 is 14.0. The predicted octanol–water partition coefficient (Wildman–Crippen LogP) is 4.87. The number of hydrogen-bond acceptors (Lipinski definition) is 6. The summed E-state index contributed by atoms with van der Waals surface area (Å²) in [5.74, 6) is -2.31. The summed E-state index contributed by atoms with van der Waals surface area (Å²) < 4.78 is 23.4. The molecule has 10 heteroatoms. The molecule has 3 aromatic rings. The van der Waals surface area contributed by atoms with E-state index in [1.54, 1.807) is 6.07 Å². The van der Waals surface area contributed by atoms with Crippen molar-refractivity contribution in [3.8, 4) is 0 Å². The van der Waals surface area contributed by atoms with Crippen LogP contribution in [0.4, 0.5) is 4.39 Å². The number of thiophene rings is 1. The number of nitrogens with one attached hydrogen (secondary N) is 1. The maximum absolute atomic E-state index is 14.2. The molecule has 0 saturated heterocycles. The van der Waals surface area contributed by atoms with Crippen LogP contribution in [0.5, 0.6) is 0 Å². The molecule has 3 rings (SSSR count). The van der Waals surface area contributed by atoms with E-state index in [-0.39, 0.29) is 27.2 Å². The Kier molecular flexibility index (Phi) is 6.43. The number of aromatic nitrogens is 1. The van der Waals surface area contributed by atoms with E-state index in [4.69, 9.17) is 27.9 Å². The number of carbonyl (C=O) groups is 2. The van der Waals surface area contributed by atoms with Gasteiger partial charge in [-0.15, -0.1) is 11.3 Å². The molecule has 0 aliphatic carbocycles. The number of ether oxygens (including phenoxy) is 1. The highest BCUT2D eigenvalue weighted by atomic mass is 35.5. The van der Waals surface area contributed by atoms with Crippen molar-refractivity contribution in [2.24, 2.45) is 0 Å². The quantitative estimate of drug-likeness (QED) is 0.550. The normalized spacial score (nSPS) is 11.8. The molecular formula is C17H11Cl2FN2O3S2. The lowest BCUT2D eigenvalue weighted by atomic mass is 10.1. The maximum Gasteiger partial charge on any atom is 0.360 e. The number of halogens is 3. The number of carbonyl (C=O) groups excluding carboxylic acids is 2. The van der Waals surface area contributed by atoms with Crippen LogP contribution in [0.15, 0.2) is 41.8 Å². The summed E-state index contributed by atoms with van der Waals surface area (Å²) in [5.41, 5.74) is -0.300. The third-order valence-corrected chi connectivity index (χ3v) is 5.95.